The third-order valence-corrected chi connectivity index (χ3v) is 6.78. The minimum Gasteiger partial charge on any atom is -0.456 e. The zero-order valence-corrected chi connectivity index (χ0v) is 16.7. The molecule has 148 valence electrons. The lowest BCUT2D eigenvalue weighted by Gasteiger charge is -2.20. The molecule has 1 aromatic rings. The van der Waals surface area contributed by atoms with E-state index in [4.69, 9.17) is 33.1 Å². The Morgan fingerprint density at radius 2 is 1.85 bits per heavy atom. The number of hydrogen-bond donors (Lipinski definition) is 2. The van der Waals surface area contributed by atoms with Crippen molar-refractivity contribution in [3.8, 4) is 0 Å². The van der Waals surface area contributed by atoms with Crippen LogP contribution in [0.15, 0.2) is 17.0 Å². The highest BCUT2D eigenvalue weighted by molar-refractivity contribution is 7.89. The first-order chi connectivity index (χ1) is 12.6. The van der Waals surface area contributed by atoms with E-state index in [2.05, 4.69) is 5.32 Å². The summed E-state index contributed by atoms with van der Waals surface area (Å²) in [4.78, 5) is 23.7. The molecule has 0 unspecified atom stereocenters. The Balaban J connectivity index is 1.52. The van der Waals surface area contributed by atoms with E-state index in [0.29, 0.717) is 18.3 Å². The lowest BCUT2D eigenvalue weighted by molar-refractivity contribution is -0.148. The number of ether oxygens (including phenoxy) is 1. The number of carbonyl (C=O) groups excluding carboxylic acids is 2. The number of rotatable bonds is 6. The van der Waals surface area contributed by atoms with Gasteiger partial charge >= 0.3 is 5.97 Å². The number of sulfonamides is 1. The van der Waals surface area contributed by atoms with Crippen molar-refractivity contribution in [2.45, 2.75) is 37.0 Å². The van der Waals surface area contributed by atoms with Gasteiger partial charge in [-0.15, -0.1) is 0 Å². The van der Waals surface area contributed by atoms with E-state index in [9.17, 15) is 18.0 Å². The first kappa shape index (κ1) is 20.4. The van der Waals surface area contributed by atoms with Crippen LogP contribution in [-0.4, -0.2) is 26.9 Å². The molecule has 2 saturated carbocycles. The summed E-state index contributed by atoms with van der Waals surface area (Å²) in [7, 11) is -3.98. The van der Waals surface area contributed by atoms with Crippen molar-refractivity contribution in [2.75, 3.05) is 11.9 Å². The second-order valence-corrected chi connectivity index (χ2v) is 9.53. The molecule has 0 aliphatic heterocycles. The molecule has 1 aromatic carbocycles. The molecule has 1 amide bonds. The third kappa shape index (κ3) is 4.93. The van der Waals surface area contributed by atoms with Crippen molar-refractivity contribution in [1.82, 2.24) is 0 Å². The van der Waals surface area contributed by atoms with Crippen molar-refractivity contribution in [1.29, 1.82) is 0 Å². The van der Waals surface area contributed by atoms with Gasteiger partial charge in [-0.1, -0.05) is 29.6 Å². The second-order valence-electron chi connectivity index (χ2n) is 7.15. The number of nitrogens with two attached hydrogens (primary N) is 1. The molecule has 3 rings (SSSR count). The van der Waals surface area contributed by atoms with E-state index in [0.717, 1.165) is 24.5 Å². The Morgan fingerprint density at radius 3 is 2.37 bits per heavy atom. The smallest absolute Gasteiger partial charge is 0.306 e. The molecule has 0 heterocycles. The van der Waals surface area contributed by atoms with Crippen LogP contribution in [0.3, 0.4) is 0 Å². The summed E-state index contributed by atoms with van der Waals surface area (Å²) >= 11 is 11.9. The van der Waals surface area contributed by atoms with E-state index in [1.807, 2.05) is 0 Å². The fourth-order valence-electron chi connectivity index (χ4n) is 4.05. The molecular formula is C17H20Cl2N2O5S. The summed E-state index contributed by atoms with van der Waals surface area (Å²) in [6.07, 6.45) is 5.02. The third-order valence-electron chi connectivity index (χ3n) is 5.29. The number of fused-ring (bicyclic) bond motifs is 2. The Kier molecular flexibility index (Phi) is 6.00. The molecule has 2 fully saturated rings. The van der Waals surface area contributed by atoms with Crippen LogP contribution < -0.4 is 10.5 Å². The molecule has 2 bridgehead atoms. The number of halogens is 2. The van der Waals surface area contributed by atoms with Crippen molar-refractivity contribution < 1.29 is 22.7 Å². The molecule has 7 nitrogen and oxygen atoms in total. The van der Waals surface area contributed by atoms with Gasteiger partial charge in [0.2, 0.25) is 10.0 Å². The number of primary sulfonamides is 1. The molecule has 2 aliphatic rings. The number of carbonyl (C=O) groups is 2. The molecule has 2 aliphatic carbocycles. The maximum Gasteiger partial charge on any atom is 0.306 e. The van der Waals surface area contributed by atoms with Crippen LogP contribution in [0.1, 0.15) is 32.1 Å². The van der Waals surface area contributed by atoms with E-state index in [1.54, 1.807) is 0 Å². The number of anilines is 1. The number of esters is 1. The average molecular weight is 435 g/mol. The zero-order chi connectivity index (χ0) is 19.8. The molecule has 0 radical (unpaired) electrons. The first-order valence-corrected chi connectivity index (χ1v) is 10.9. The molecule has 0 spiro atoms. The van der Waals surface area contributed by atoms with Gasteiger partial charge in [0, 0.05) is 6.42 Å². The van der Waals surface area contributed by atoms with Crippen molar-refractivity contribution in [2.24, 2.45) is 22.9 Å². The van der Waals surface area contributed by atoms with Crippen LogP contribution >= 0.6 is 23.2 Å². The summed E-state index contributed by atoms with van der Waals surface area (Å²) in [5, 5.41) is 7.26. The standard InChI is InChI=1S/C17H20Cl2N2O5S/c18-13-6-12(27(20,24)25)7-14(19)17(13)21-15(22)8-26-16(23)5-11-4-9-1-2-10(11)3-9/h6-7,9-11H,1-5,8H2,(H,21,22)(H2,20,24,25)/t9-,10+,11-/m1/s1. The van der Waals surface area contributed by atoms with Crippen LogP contribution in [0, 0.1) is 17.8 Å². The van der Waals surface area contributed by atoms with E-state index in [1.165, 1.54) is 19.3 Å². The van der Waals surface area contributed by atoms with Gasteiger partial charge < -0.3 is 10.1 Å². The predicted molar refractivity (Wildman–Crippen MR) is 101 cm³/mol. The summed E-state index contributed by atoms with van der Waals surface area (Å²) in [6, 6.07) is 2.17. The monoisotopic (exact) mass is 434 g/mol. The van der Waals surface area contributed by atoms with Gasteiger partial charge in [0.1, 0.15) is 0 Å². The Hall–Kier alpha value is -1.35. The quantitative estimate of drug-likeness (QED) is 0.667. The Labute approximate surface area is 167 Å². The Morgan fingerprint density at radius 1 is 1.19 bits per heavy atom. The maximum atomic E-state index is 12.0. The van der Waals surface area contributed by atoms with Crippen LogP contribution in [0.4, 0.5) is 5.69 Å². The minimum atomic E-state index is -3.98. The van der Waals surface area contributed by atoms with Crippen LogP contribution in [0.25, 0.3) is 0 Å². The van der Waals surface area contributed by atoms with Crippen molar-refractivity contribution in [3.63, 3.8) is 0 Å². The molecule has 27 heavy (non-hydrogen) atoms. The van der Waals surface area contributed by atoms with Crippen molar-refractivity contribution >= 4 is 50.8 Å². The van der Waals surface area contributed by atoms with Gasteiger partial charge in [0.05, 0.1) is 20.6 Å². The topological polar surface area (TPSA) is 116 Å². The average Bonchev–Trinajstić information content (AvgIpc) is 3.18. The summed E-state index contributed by atoms with van der Waals surface area (Å²) < 4.78 is 27.8. The summed E-state index contributed by atoms with van der Waals surface area (Å²) in [6.45, 7) is -0.469. The van der Waals surface area contributed by atoms with Gasteiger partial charge in [-0.2, -0.15) is 0 Å². The SMILES string of the molecule is NS(=O)(=O)c1cc(Cl)c(NC(=O)COC(=O)C[C@H]2C[C@@H]3CC[C@H]2C3)c(Cl)c1. The molecular weight excluding hydrogens is 415 g/mol. The second kappa shape index (κ2) is 7.95. The zero-order valence-electron chi connectivity index (χ0n) is 14.4. The number of hydrogen-bond acceptors (Lipinski definition) is 5. The van der Waals surface area contributed by atoms with Crippen LogP contribution in [0.2, 0.25) is 10.0 Å². The van der Waals surface area contributed by atoms with Gasteiger partial charge in [-0.3, -0.25) is 9.59 Å². The largest absolute Gasteiger partial charge is 0.456 e. The highest BCUT2D eigenvalue weighted by Crippen LogP contribution is 2.49. The molecule has 3 N–H and O–H groups in total. The lowest BCUT2D eigenvalue weighted by Crippen LogP contribution is -2.23. The predicted octanol–water partition coefficient (Wildman–Crippen LogP) is 2.95. The summed E-state index contributed by atoms with van der Waals surface area (Å²) in [5.41, 5.74) is 0.0277. The lowest BCUT2D eigenvalue weighted by atomic mass is 9.86. The highest BCUT2D eigenvalue weighted by Gasteiger charge is 2.40. The number of nitrogens with one attached hydrogen (secondary N) is 1. The van der Waals surface area contributed by atoms with E-state index >= 15 is 0 Å². The fourth-order valence-corrected chi connectivity index (χ4v) is 5.33. The van der Waals surface area contributed by atoms with Gasteiger partial charge in [0.15, 0.2) is 6.61 Å². The van der Waals surface area contributed by atoms with Crippen LogP contribution in [0.5, 0.6) is 0 Å². The molecule has 10 heteroatoms. The number of amides is 1. The van der Waals surface area contributed by atoms with Gasteiger partial charge in [-0.25, -0.2) is 13.6 Å². The van der Waals surface area contributed by atoms with Gasteiger partial charge in [-0.05, 0) is 49.1 Å². The van der Waals surface area contributed by atoms with Crippen molar-refractivity contribution in [3.05, 3.63) is 22.2 Å². The molecule has 0 aromatic heterocycles. The Bertz CT molecular complexity index is 851. The first-order valence-electron chi connectivity index (χ1n) is 8.61. The fraction of sp³-hybridized carbons (Fsp3) is 0.529. The maximum absolute atomic E-state index is 12.0. The highest BCUT2D eigenvalue weighted by atomic mass is 35.5. The molecule has 3 atom stereocenters. The van der Waals surface area contributed by atoms with Crippen LogP contribution in [-0.2, 0) is 24.3 Å². The van der Waals surface area contributed by atoms with E-state index in [-0.39, 0.29) is 20.6 Å². The minimum absolute atomic E-state index is 0.0277. The summed E-state index contributed by atoms with van der Waals surface area (Å²) in [5.74, 6) is 0.675. The molecule has 0 saturated heterocycles. The normalized spacial score (nSPS) is 24.0. The van der Waals surface area contributed by atoms with Gasteiger partial charge in [0.25, 0.3) is 5.91 Å². The number of benzene rings is 1. The van der Waals surface area contributed by atoms with E-state index < -0.39 is 28.5 Å².